The Bertz CT molecular complexity index is 597. The number of rotatable bonds is 12. The summed E-state index contributed by atoms with van der Waals surface area (Å²) in [6, 6.07) is 0. The van der Waals surface area contributed by atoms with E-state index >= 15 is 0 Å². The maximum atomic E-state index is 11.8. The highest BCUT2D eigenvalue weighted by Crippen LogP contribution is 2.27. The molecule has 0 spiro atoms. The van der Waals surface area contributed by atoms with Crippen molar-refractivity contribution < 1.29 is 14.3 Å². The first-order valence-electron chi connectivity index (χ1n) is 11.3. The van der Waals surface area contributed by atoms with E-state index in [1.807, 2.05) is 6.92 Å². The molecule has 29 heavy (non-hydrogen) atoms. The Labute approximate surface area is 178 Å². The Morgan fingerprint density at radius 1 is 1.00 bits per heavy atom. The van der Waals surface area contributed by atoms with Crippen LogP contribution in [-0.4, -0.2) is 25.3 Å². The summed E-state index contributed by atoms with van der Waals surface area (Å²) in [6.45, 7) is 15.5. The molecule has 0 radical (unpaired) electrons. The molecule has 0 aromatic rings. The molecule has 3 nitrogen and oxygen atoms in total. The summed E-state index contributed by atoms with van der Waals surface area (Å²) in [4.78, 5) is 11.8. The Kier molecular flexibility index (Phi) is 12.6. The van der Waals surface area contributed by atoms with Gasteiger partial charge in [0.2, 0.25) is 0 Å². The second-order valence-electron chi connectivity index (χ2n) is 8.55. The van der Waals surface area contributed by atoms with Gasteiger partial charge in [-0.05, 0) is 91.9 Å². The molecule has 1 aliphatic rings. The third kappa shape index (κ3) is 11.2. The molecule has 0 saturated carbocycles. The molecule has 1 saturated heterocycles. The molecule has 0 aliphatic carbocycles. The standard InChI is InChI=1S/C26H42O3/c1-7-28-26(27)23(6)25-18-17-24(19-29-25)16-10-15-22(5)14-9-13-21(4)12-8-11-20(2)3/h11,13,15,24-25H,6-10,12,14,16-19H2,1-5H3. The molecule has 1 heterocycles. The van der Waals surface area contributed by atoms with E-state index in [2.05, 4.69) is 52.5 Å². The molecule has 164 valence electrons. The van der Waals surface area contributed by atoms with Crippen molar-refractivity contribution in [1.29, 1.82) is 0 Å². The fourth-order valence-corrected chi connectivity index (χ4v) is 3.57. The second kappa shape index (κ2) is 14.4. The number of carbonyl (C=O) groups excluding carboxylic acids is 1. The second-order valence-corrected chi connectivity index (χ2v) is 8.55. The van der Waals surface area contributed by atoms with Crippen molar-refractivity contribution in [3.8, 4) is 0 Å². The van der Waals surface area contributed by atoms with Crippen LogP contribution in [0.15, 0.2) is 47.1 Å². The molecule has 0 N–H and O–H groups in total. The molecule has 0 amide bonds. The smallest absolute Gasteiger partial charge is 0.336 e. The molecule has 2 atom stereocenters. The molecule has 0 aromatic heterocycles. The van der Waals surface area contributed by atoms with E-state index in [4.69, 9.17) is 9.47 Å². The Morgan fingerprint density at radius 2 is 1.62 bits per heavy atom. The summed E-state index contributed by atoms with van der Waals surface area (Å²) in [5.74, 6) is 0.248. The van der Waals surface area contributed by atoms with Crippen molar-refractivity contribution >= 4 is 5.97 Å². The number of hydrogen-bond donors (Lipinski definition) is 0. The van der Waals surface area contributed by atoms with Crippen molar-refractivity contribution in [3.05, 3.63) is 47.1 Å². The molecular weight excluding hydrogens is 360 g/mol. The zero-order valence-corrected chi connectivity index (χ0v) is 19.4. The number of ether oxygens (including phenoxy) is 2. The largest absolute Gasteiger partial charge is 0.463 e. The van der Waals surface area contributed by atoms with E-state index < -0.39 is 0 Å². The predicted octanol–water partition coefficient (Wildman–Crippen LogP) is 7.10. The lowest BCUT2D eigenvalue weighted by Gasteiger charge is -2.29. The first-order valence-corrected chi connectivity index (χ1v) is 11.3. The topological polar surface area (TPSA) is 35.5 Å². The first kappa shape index (κ1) is 25.4. The van der Waals surface area contributed by atoms with Crippen LogP contribution in [0.4, 0.5) is 0 Å². The van der Waals surface area contributed by atoms with Crippen LogP contribution < -0.4 is 0 Å². The van der Waals surface area contributed by atoms with Gasteiger partial charge in [0.1, 0.15) is 0 Å². The summed E-state index contributed by atoms with van der Waals surface area (Å²) >= 11 is 0. The van der Waals surface area contributed by atoms with E-state index in [9.17, 15) is 4.79 Å². The van der Waals surface area contributed by atoms with Crippen LogP contribution >= 0.6 is 0 Å². The summed E-state index contributed by atoms with van der Waals surface area (Å²) in [7, 11) is 0. The molecule has 2 unspecified atom stereocenters. The van der Waals surface area contributed by atoms with Gasteiger partial charge in [0.25, 0.3) is 0 Å². The minimum absolute atomic E-state index is 0.172. The summed E-state index contributed by atoms with van der Waals surface area (Å²) in [5, 5.41) is 0. The van der Waals surface area contributed by atoms with Crippen LogP contribution in [0.2, 0.25) is 0 Å². The Morgan fingerprint density at radius 3 is 2.17 bits per heavy atom. The highest BCUT2D eigenvalue weighted by molar-refractivity contribution is 5.88. The van der Waals surface area contributed by atoms with Crippen LogP contribution in [0, 0.1) is 5.92 Å². The van der Waals surface area contributed by atoms with Gasteiger partial charge in [-0.3, -0.25) is 0 Å². The predicted molar refractivity (Wildman–Crippen MR) is 123 cm³/mol. The van der Waals surface area contributed by atoms with Crippen LogP contribution in [0.5, 0.6) is 0 Å². The van der Waals surface area contributed by atoms with E-state index in [1.54, 1.807) is 0 Å². The van der Waals surface area contributed by atoms with Gasteiger partial charge in [0.05, 0.1) is 24.9 Å². The SMILES string of the molecule is C=C(C(=O)OCC)C1CCC(CCC=C(C)CCC=C(C)CCC=C(C)C)CO1. The average molecular weight is 403 g/mol. The van der Waals surface area contributed by atoms with E-state index in [1.165, 1.54) is 23.1 Å². The Balaban J connectivity index is 2.23. The number of hydrogen-bond acceptors (Lipinski definition) is 3. The zero-order valence-electron chi connectivity index (χ0n) is 19.4. The van der Waals surface area contributed by atoms with Gasteiger partial charge in [-0.15, -0.1) is 0 Å². The van der Waals surface area contributed by atoms with Gasteiger partial charge >= 0.3 is 5.97 Å². The quantitative estimate of drug-likeness (QED) is 0.198. The molecule has 3 heteroatoms. The maximum Gasteiger partial charge on any atom is 0.336 e. The third-order valence-corrected chi connectivity index (χ3v) is 5.49. The summed E-state index contributed by atoms with van der Waals surface area (Å²) in [6.07, 6.45) is 15.7. The van der Waals surface area contributed by atoms with Crippen LogP contribution in [0.1, 0.15) is 86.0 Å². The number of esters is 1. The van der Waals surface area contributed by atoms with Crippen LogP contribution in [0.25, 0.3) is 0 Å². The molecule has 1 aliphatic heterocycles. The van der Waals surface area contributed by atoms with Gasteiger partial charge in [0.15, 0.2) is 0 Å². The van der Waals surface area contributed by atoms with Gasteiger partial charge in [-0.25, -0.2) is 4.79 Å². The molecule has 1 fully saturated rings. The van der Waals surface area contributed by atoms with Gasteiger partial charge in [-0.1, -0.05) is 41.5 Å². The van der Waals surface area contributed by atoms with Crippen LogP contribution in [0.3, 0.4) is 0 Å². The number of allylic oxidation sites excluding steroid dienone is 6. The molecular formula is C26H42O3. The van der Waals surface area contributed by atoms with E-state index in [0.29, 0.717) is 24.7 Å². The zero-order chi connectivity index (χ0) is 21.6. The molecule has 1 rings (SSSR count). The summed E-state index contributed by atoms with van der Waals surface area (Å²) < 4.78 is 10.9. The lowest BCUT2D eigenvalue weighted by molar-refractivity contribution is -0.140. The van der Waals surface area contributed by atoms with Gasteiger partial charge < -0.3 is 9.47 Å². The minimum Gasteiger partial charge on any atom is -0.463 e. The lowest BCUT2D eigenvalue weighted by Crippen LogP contribution is -2.30. The minimum atomic E-state index is -0.323. The fourth-order valence-electron chi connectivity index (χ4n) is 3.57. The molecule has 0 aromatic carbocycles. The van der Waals surface area contributed by atoms with E-state index in [0.717, 1.165) is 44.9 Å². The third-order valence-electron chi connectivity index (χ3n) is 5.49. The highest BCUT2D eigenvalue weighted by atomic mass is 16.5. The highest BCUT2D eigenvalue weighted by Gasteiger charge is 2.27. The van der Waals surface area contributed by atoms with E-state index in [-0.39, 0.29) is 12.1 Å². The van der Waals surface area contributed by atoms with Crippen LogP contribution in [-0.2, 0) is 14.3 Å². The lowest BCUT2D eigenvalue weighted by atomic mass is 9.91. The normalized spacial score (nSPS) is 20.3. The summed E-state index contributed by atoms with van der Waals surface area (Å²) in [5.41, 5.74) is 4.84. The fraction of sp³-hybridized carbons (Fsp3) is 0.654. The average Bonchev–Trinajstić information content (AvgIpc) is 2.68. The van der Waals surface area contributed by atoms with Crippen molar-refractivity contribution in [2.75, 3.05) is 13.2 Å². The van der Waals surface area contributed by atoms with Crippen molar-refractivity contribution in [2.24, 2.45) is 5.92 Å². The Hall–Kier alpha value is -1.61. The van der Waals surface area contributed by atoms with Crippen molar-refractivity contribution in [1.82, 2.24) is 0 Å². The maximum absolute atomic E-state index is 11.8. The number of carbonyl (C=O) groups is 1. The van der Waals surface area contributed by atoms with Gasteiger partial charge in [-0.2, -0.15) is 0 Å². The van der Waals surface area contributed by atoms with Crippen molar-refractivity contribution in [2.45, 2.75) is 92.1 Å². The van der Waals surface area contributed by atoms with Crippen molar-refractivity contribution in [3.63, 3.8) is 0 Å². The monoisotopic (exact) mass is 402 g/mol. The first-order chi connectivity index (χ1) is 13.8. The molecule has 0 bridgehead atoms. The van der Waals surface area contributed by atoms with Gasteiger partial charge in [0, 0.05) is 0 Å².